The Kier molecular flexibility index (Phi) is 7.17. The van der Waals surface area contributed by atoms with Crippen LogP contribution >= 0.6 is 11.6 Å². The fraction of sp³-hybridized carbons (Fsp3) is 0.300. The number of aromatic nitrogens is 1. The molecule has 1 aromatic heterocycles. The molecular formula is C20H18ClF3N2O4. The highest BCUT2D eigenvalue weighted by molar-refractivity contribution is 6.30. The van der Waals surface area contributed by atoms with E-state index in [-0.39, 0.29) is 24.4 Å². The second-order valence-corrected chi connectivity index (χ2v) is 6.82. The van der Waals surface area contributed by atoms with Gasteiger partial charge in [-0.1, -0.05) is 23.7 Å². The zero-order chi connectivity index (χ0) is 21.6. The molecule has 2 heterocycles. The van der Waals surface area contributed by atoms with E-state index in [9.17, 15) is 18.0 Å². The quantitative estimate of drug-likeness (QED) is 0.634. The first-order valence-corrected chi connectivity index (χ1v) is 9.34. The Labute approximate surface area is 175 Å². The lowest BCUT2D eigenvalue weighted by molar-refractivity contribution is -0.274. The average molecular weight is 443 g/mol. The van der Waals surface area contributed by atoms with Crippen molar-refractivity contribution < 1.29 is 32.2 Å². The molecular weight excluding hydrogens is 425 g/mol. The lowest BCUT2D eigenvalue weighted by Crippen LogP contribution is -2.47. The number of nitrogens with zero attached hydrogens (tertiary/aromatic N) is 2. The molecule has 0 saturated carbocycles. The van der Waals surface area contributed by atoms with Gasteiger partial charge in [-0.15, -0.1) is 13.2 Å². The fourth-order valence-corrected chi connectivity index (χ4v) is 2.93. The molecule has 10 heteroatoms. The van der Waals surface area contributed by atoms with Gasteiger partial charge in [0.25, 0.3) is 0 Å². The number of rotatable bonds is 6. The smallest absolute Gasteiger partial charge is 0.489 e. The Morgan fingerprint density at radius 3 is 2.90 bits per heavy atom. The van der Waals surface area contributed by atoms with Gasteiger partial charge in [0, 0.05) is 24.9 Å². The highest BCUT2D eigenvalue weighted by atomic mass is 35.5. The summed E-state index contributed by atoms with van der Waals surface area (Å²) in [5.41, 5.74) is 0.409. The summed E-state index contributed by atoms with van der Waals surface area (Å²) in [6.45, 7) is 1.27. The SMILES string of the molecule is O=C(/C=C/c1cccc(OC(F)(F)F)c1)N1CCOC(COc2cncc(Cl)c2)C1. The van der Waals surface area contributed by atoms with Crippen LogP contribution in [0.25, 0.3) is 6.08 Å². The van der Waals surface area contributed by atoms with Crippen LogP contribution in [0.5, 0.6) is 11.5 Å². The molecule has 1 aromatic carbocycles. The number of pyridine rings is 1. The van der Waals surface area contributed by atoms with Crippen LogP contribution in [0.15, 0.2) is 48.8 Å². The minimum Gasteiger partial charge on any atom is -0.489 e. The molecule has 0 bridgehead atoms. The lowest BCUT2D eigenvalue weighted by atomic mass is 10.2. The Bertz CT molecular complexity index is 908. The van der Waals surface area contributed by atoms with Gasteiger partial charge in [0.15, 0.2) is 0 Å². The van der Waals surface area contributed by atoms with Crippen LogP contribution in [-0.4, -0.2) is 54.6 Å². The molecule has 0 radical (unpaired) electrons. The second-order valence-electron chi connectivity index (χ2n) is 6.38. The molecule has 6 nitrogen and oxygen atoms in total. The minimum atomic E-state index is -4.77. The van der Waals surface area contributed by atoms with Gasteiger partial charge in [-0.05, 0) is 23.8 Å². The Morgan fingerprint density at radius 1 is 1.30 bits per heavy atom. The van der Waals surface area contributed by atoms with Crippen molar-refractivity contribution in [2.75, 3.05) is 26.3 Å². The molecule has 1 amide bonds. The van der Waals surface area contributed by atoms with Crippen molar-refractivity contribution in [1.82, 2.24) is 9.88 Å². The summed E-state index contributed by atoms with van der Waals surface area (Å²) in [5.74, 6) is -0.138. The predicted octanol–water partition coefficient (Wildman–Crippen LogP) is 3.95. The van der Waals surface area contributed by atoms with Gasteiger partial charge in [0.1, 0.15) is 24.2 Å². The highest BCUT2D eigenvalue weighted by Gasteiger charge is 2.31. The third-order valence-electron chi connectivity index (χ3n) is 4.08. The summed E-state index contributed by atoms with van der Waals surface area (Å²) < 4.78 is 52.1. The number of hydrogen-bond donors (Lipinski definition) is 0. The summed E-state index contributed by atoms with van der Waals surface area (Å²) in [7, 11) is 0. The number of hydrogen-bond acceptors (Lipinski definition) is 5. The van der Waals surface area contributed by atoms with Gasteiger partial charge in [-0.2, -0.15) is 0 Å². The van der Waals surface area contributed by atoms with E-state index in [0.717, 1.165) is 0 Å². The van der Waals surface area contributed by atoms with Crippen molar-refractivity contribution in [2.24, 2.45) is 0 Å². The summed E-state index contributed by atoms with van der Waals surface area (Å²) >= 11 is 5.86. The van der Waals surface area contributed by atoms with Gasteiger partial charge >= 0.3 is 6.36 Å². The average Bonchev–Trinajstić information content (AvgIpc) is 2.70. The molecule has 2 aromatic rings. The molecule has 0 spiro atoms. The highest BCUT2D eigenvalue weighted by Crippen LogP contribution is 2.24. The van der Waals surface area contributed by atoms with Crippen LogP contribution in [0, 0.1) is 0 Å². The monoisotopic (exact) mass is 442 g/mol. The number of carbonyl (C=O) groups excluding carboxylic acids is 1. The maximum absolute atomic E-state index is 12.5. The minimum absolute atomic E-state index is 0.215. The van der Waals surface area contributed by atoms with E-state index in [1.807, 2.05) is 0 Å². The first-order chi connectivity index (χ1) is 14.3. The number of benzene rings is 1. The molecule has 0 aliphatic carbocycles. The first-order valence-electron chi connectivity index (χ1n) is 8.96. The normalized spacial score (nSPS) is 17.2. The van der Waals surface area contributed by atoms with Crippen molar-refractivity contribution in [2.45, 2.75) is 12.5 Å². The van der Waals surface area contributed by atoms with E-state index in [1.165, 1.54) is 42.7 Å². The van der Waals surface area contributed by atoms with Gasteiger partial charge in [0.05, 0.1) is 24.4 Å². The predicted molar refractivity (Wildman–Crippen MR) is 103 cm³/mol. The van der Waals surface area contributed by atoms with Crippen LogP contribution in [0.3, 0.4) is 0 Å². The molecule has 1 unspecified atom stereocenters. The van der Waals surface area contributed by atoms with Crippen LogP contribution in [0.1, 0.15) is 5.56 Å². The maximum atomic E-state index is 12.5. The standard InChI is InChI=1S/C20H18ClF3N2O4/c21-15-9-17(11-25-10-15)29-13-18-12-26(6-7-28-18)19(27)5-4-14-2-1-3-16(8-14)30-20(22,23)24/h1-5,8-11,18H,6-7,12-13H2/b5-4+. The molecule has 1 fully saturated rings. The third kappa shape index (κ3) is 6.93. The fourth-order valence-electron chi connectivity index (χ4n) is 2.77. The van der Waals surface area contributed by atoms with Crippen molar-refractivity contribution in [3.05, 3.63) is 59.4 Å². The zero-order valence-corrected chi connectivity index (χ0v) is 16.4. The van der Waals surface area contributed by atoms with E-state index in [1.54, 1.807) is 17.0 Å². The van der Waals surface area contributed by atoms with Crippen LogP contribution < -0.4 is 9.47 Å². The van der Waals surface area contributed by atoms with Gasteiger partial charge in [0.2, 0.25) is 5.91 Å². The largest absolute Gasteiger partial charge is 0.573 e. The third-order valence-corrected chi connectivity index (χ3v) is 4.28. The van der Waals surface area contributed by atoms with Gasteiger partial charge in [-0.3, -0.25) is 9.78 Å². The molecule has 160 valence electrons. The van der Waals surface area contributed by atoms with Crippen molar-refractivity contribution in [3.63, 3.8) is 0 Å². The molecule has 0 N–H and O–H groups in total. The Balaban J connectivity index is 1.54. The van der Waals surface area contributed by atoms with Crippen LogP contribution in [0.4, 0.5) is 13.2 Å². The summed E-state index contributed by atoms with van der Waals surface area (Å²) in [4.78, 5) is 18.0. The number of carbonyl (C=O) groups is 1. The number of ether oxygens (including phenoxy) is 3. The number of alkyl halides is 3. The summed E-state index contributed by atoms with van der Waals surface area (Å²) in [6, 6.07) is 7.00. The Hall–Kier alpha value is -2.78. The lowest BCUT2D eigenvalue weighted by Gasteiger charge is -2.32. The van der Waals surface area contributed by atoms with E-state index >= 15 is 0 Å². The molecule has 1 aliphatic heterocycles. The van der Waals surface area contributed by atoms with Crippen LogP contribution in [0.2, 0.25) is 5.02 Å². The number of halogens is 4. The van der Waals surface area contributed by atoms with E-state index in [0.29, 0.717) is 36.0 Å². The van der Waals surface area contributed by atoms with Gasteiger partial charge < -0.3 is 19.1 Å². The molecule has 1 saturated heterocycles. The van der Waals surface area contributed by atoms with E-state index in [2.05, 4.69) is 9.72 Å². The van der Waals surface area contributed by atoms with E-state index < -0.39 is 6.36 Å². The van der Waals surface area contributed by atoms with Crippen molar-refractivity contribution in [1.29, 1.82) is 0 Å². The van der Waals surface area contributed by atoms with Crippen molar-refractivity contribution >= 4 is 23.6 Å². The molecule has 1 atom stereocenters. The van der Waals surface area contributed by atoms with Crippen LogP contribution in [-0.2, 0) is 9.53 Å². The van der Waals surface area contributed by atoms with Gasteiger partial charge in [-0.25, -0.2) is 0 Å². The summed E-state index contributed by atoms with van der Waals surface area (Å²) in [5, 5.41) is 0.448. The molecule has 1 aliphatic rings. The van der Waals surface area contributed by atoms with Crippen molar-refractivity contribution in [3.8, 4) is 11.5 Å². The molecule has 3 rings (SSSR count). The zero-order valence-electron chi connectivity index (χ0n) is 15.6. The summed E-state index contributed by atoms with van der Waals surface area (Å²) in [6.07, 6.45) is 0.643. The topological polar surface area (TPSA) is 60.9 Å². The first kappa shape index (κ1) is 21.9. The second kappa shape index (κ2) is 9.82. The number of amides is 1. The molecule has 30 heavy (non-hydrogen) atoms. The van der Waals surface area contributed by atoms with E-state index in [4.69, 9.17) is 21.1 Å². The number of morpholine rings is 1. The maximum Gasteiger partial charge on any atom is 0.573 e. The Morgan fingerprint density at radius 2 is 2.13 bits per heavy atom.